The van der Waals surface area contributed by atoms with Crippen molar-refractivity contribution in [2.75, 3.05) is 13.1 Å². The lowest BCUT2D eigenvalue weighted by molar-refractivity contribution is 0.154. The van der Waals surface area contributed by atoms with Crippen molar-refractivity contribution in [3.05, 3.63) is 0 Å². The molecular formula is C14H28N2. The molecule has 1 heterocycles. The van der Waals surface area contributed by atoms with Gasteiger partial charge in [-0.2, -0.15) is 0 Å². The molecule has 1 saturated heterocycles. The van der Waals surface area contributed by atoms with Crippen molar-refractivity contribution in [3.8, 4) is 0 Å². The van der Waals surface area contributed by atoms with Gasteiger partial charge in [0.05, 0.1) is 0 Å². The molecule has 1 saturated carbocycles. The largest absolute Gasteiger partial charge is 0.313 e. The SMILES string of the molecule is CCCC(C)NCC(C)N1CC2CCC1C2. The Morgan fingerprint density at radius 1 is 1.31 bits per heavy atom. The Balaban J connectivity index is 1.70. The fourth-order valence-corrected chi connectivity index (χ4v) is 3.53. The molecule has 0 spiro atoms. The molecular weight excluding hydrogens is 196 g/mol. The van der Waals surface area contributed by atoms with Crippen molar-refractivity contribution in [2.24, 2.45) is 5.92 Å². The van der Waals surface area contributed by atoms with E-state index in [0.29, 0.717) is 6.04 Å². The van der Waals surface area contributed by atoms with Gasteiger partial charge in [-0.15, -0.1) is 0 Å². The van der Waals surface area contributed by atoms with Gasteiger partial charge in [-0.3, -0.25) is 4.90 Å². The van der Waals surface area contributed by atoms with Crippen LogP contribution in [0.1, 0.15) is 52.9 Å². The maximum absolute atomic E-state index is 3.68. The molecule has 4 unspecified atom stereocenters. The molecule has 2 nitrogen and oxygen atoms in total. The molecule has 2 fully saturated rings. The Morgan fingerprint density at radius 3 is 2.69 bits per heavy atom. The van der Waals surface area contributed by atoms with E-state index in [-0.39, 0.29) is 0 Å². The van der Waals surface area contributed by atoms with Crippen LogP contribution in [-0.2, 0) is 0 Å². The van der Waals surface area contributed by atoms with E-state index in [2.05, 4.69) is 31.0 Å². The van der Waals surface area contributed by atoms with E-state index in [1.807, 2.05) is 0 Å². The van der Waals surface area contributed by atoms with Crippen molar-refractivity contribution < 1.29 is 0 Å². The molecule has 1 N–H and O–H groups in total. The molecule has 94 valence electrons. The molecule has 0 aromatic carbocycles. The van der Waals surface area contributed by atoms with E-state index >= 15 is 0 Å². The van der Waals surface area contributed by atoms with Gasteiger partial charge in [0.2, 0.25) is 0 Å². The zero-order valence-corrected chi connectivity index (χ0v) is 11.2. The van der Waals surface area contributed by atoms with Crippen molar-refractivity contribution in [1.82, 2.24) is 10.2 Å². The Morgan fingerprint density at radius 2 is 2.12 bits per heavy atom. The minimum atomic E-state index is 0.687. The molecule has 2 aliphatic rings. The van der Waals surface area contributed by atoms with Gasteiger partial charge in [0, 0.05) is 31.2 Å². The summed E-state index contributed by atoms with van der Waals surface area (Å²) in [6.07, 6.45) is 7.03. The van der Waals surface area contributed by atoms with Crippen LogP contribution in [0.4, 0.5) is 0 Å². The van der Waals surface area contributed by atoms with Gasteiger partial charge in [-0.05, 0) is 45.4 Å². The molecule has 0 radical (unpaired) electrons. The Kier molecular flexibility index (Phi) is 4.26. The lowest BCUT2D eigenvalue weighted by atomic mass is 10.1. The molecule has 1 aliphatic carbocycles. The van der Waals surface area contributed by atoms with Crippen LogP contribution in [0.25, 0.3) is 0 Å². The van der Waals surface area contributed by atoms with Gasteiger partial charge in [0.1, 0.15) is 0 Å². The second-order valence-electron chi connectivity index (χ2n) is 5.98. The summed E-state index contributed by atoms with van der Waals surface area (Å²) in [5.41, 5.74) is 0. The smallest absolute Gasteiger partial charge is 0.0195 e. The van der Waals surface area contributed by atoms with Gasteiger partial charge in [0.15, 0.2) is 0 Å². The van der Waals surface area contributed by atoms with Crippen LogP contribution >= 0.6 is 0 Å². The first-order valence-electron chi connectivity index (χ1n) is 7.19. The van der Waals surface area contributed by atoms with Gasteiger partial charge >= 0.3 is 0 Å². The number of likely N-dealkylation sites (tertiary alicyclic amines) is 1. The minimum Gasteiger partial charge on any atom is -0.313 e. The summed E-state index contributed by atoms with van der Waals surface area (Å²) in [5, 5.41) is 3.68. The predicted molar refractivity (Wildman–Crippen MR) is 69.7 cm³/mol. The number of hydrogen-bond donors (Lipinski definition) is 1. The first kappa shape index (κ1) is 12.4. The monoisotopic (exact) mass is 224 g/mol. The first-order valence-corrected chi connectivity index (χ1v) is 7.19. The average Bonchev–Trinajstić information content (AvgIpc) is 2.88. The highest BCUT2D eigenvalue weighted by molar-refractivity contribution is 4.94. The quantitative estimate of drug-likeness (QED) is 0.746. The number of piperidine rings is 1. The van der Waals surface area contributed by atoms with Gasteiger partial charge < -0.3 is 5.32 Å². The summed E-state index contributed by atoms with van der Waals surface area (Å²) in [6.45, 7) is 9.51. The standard InChI is InChI=1S/C14H28N2/c1-4-5-11(2)15-9-12(3)16-10-13-6-7-14(16)8-13/h11-15H,4-10H2,1-3H3. The number of nitrogens with zero attached hydrogens (tertiary/aromatic N) is 1. The third kappa shape index (κ3) is 2.78. The number of rotatable bonds is 6. The molecule has 4 atom stereocenters. The lowest BCUT2D eigenvalue weighted by Gasteiger charge is -2.33. The highest BCUT2D eigenvalue weighted by Crippen LogP contribution is 2.38. The summed E-state index contributed by atoms with van der Waals surface area (Å²) < 4.78 is 0. The van der Waals surface area contributed by atoms with Gasteiger partial charge in [-0.1, -0.05) is 13.3 Å². The summed E-state index contributed by atoms with van der Waals surface area (Å²) in [7, 11) is 0. The fraction of sp³-hybridized carbons (Fsp3) is 1.00. The second-order valence-corrected chi connectivity index (χ2v) is 5.98. The highest BCUT2D eigenvalue weighted by atomic mass is 15.2. The number of fused-ring (bicyclic) bond motifs is 2. The zero-order chi connectivity index (χ0) is 11.5. The van der Waals surface area contributed by atoms with Gasteiger partial charge in [0.25, 0.3) is 0 Å². The third-order valence-electron chi connectivity index (χ3n) is 4.50. The van der Waals surface area contributed by atoms with Crippen LogP contribution in [0.3, 0.4) is 0 Å². The third-order valence-corrected chi connectivity index (χ3v) is 4.50. The average molecular weight is 224 g/mol. The molecule has 0 aromatic rings. The van der Waals surface area contributed by atoms with E-state index in [0.717, 1.165) is 18.0 Å². The molecule has 16 heavy (non-hydrogen) atoms. The predicted octanol–water partition coefficient (Wildman–Crippen LogP) is 2.64. The van der Waals surface area contributed by atoms with E-state index < -0.39 is 0 Å². The molecule has 0 aromatic heterocycles. The van der Waals surface area contributed by atoms with Crippen molar-refractivity contribution >= 4 is 0 Å². The van der Waals surface area contributed by atoms with Crippen LogP contribution in [0.15, 0.2) is 0 Å². The van der Waals surface area contributed by atoms with Crippen molar-refractivity contribution in [1.29, 1.82) is 0 Å². The van der Waals surface area contributed by atoms with E-state index in [1.54, 1.807) is 0 Å². The molecule has 2 rings (SSSR count). The summed E-state index contributed by atoms with van der Waals surface area (Å²) in [4.78, 5) is 2.75. The van der Waals surface area contributed by atoms with Crippen molar-refractivity contribution in [3.63, 3.8) is 0 Å². The summed E-state index contributed by atoms with van der Waals surface area (Å²) >= 11 is 0. The highest BCUT2D eigenvalue weighted by Gasteiger charge is 2.39. The van der Waals surface area contributed by atoms with E-state index in [1.165, 1.54) is 45.2 Å². The maximum Gasteiger partial charge on any atom is 0.0195 e. The normalized spacial score (nSPS) is 33.2. The second kappa shape index (κ2) is 5.50. The van der Waals surface area contributed by atoms with Crippen LogP contribution in [-0.4, -0.2) is 36.1 Å². The molecule has 2 heteroatoms. The zero-order valence-electron chi connectivity index (χ0n) is 11.2. The molecule has 0 amide bonds. The summed E-state index contributed by atoms with van der Waals surface area (Å²) in [5.74, 6) is 1.03. The van der Waals surface area contributed by atoms with Crippen LogP contribution in [0, 0.1) is 5.92 Å². The Hall–Kier alpha value is -0.0800. The lowest BCUT2D eigenvalue weighted by Crippen LogP contribution is -2.46. The van der Waals surface area contributed by atoms with E-state index in [9.17, 15) is 0 Å². The van der Waals surface area contributed by atoms with Crippen LogP contribution < -0.4 is 5.32 Å². The molecule has 1 aliphatic heterocycles. The van der Waals surface area contributed by atoms with Crippen LogP contribution in [0.5, 0.6) is 0 Å². The number of nitrogens with one attached hydrogen (secondary N) is 1. The van der Waals surface area contributed by atoms with Crippen LogP contribution in [0.2, 0.25) is 0 Å². The topological polar surface area (TPSA) is 15.3 Å². The maximum atomic E-state index is 3.68. The van der Waals surface area contributed by atoms with Crippen molar-refractivity contribution in [2.45, 2.75) is 71.0 Å². The fourth-order valence-electron chi connectivity index (χ4n) is 3.53. The summed E-state index contributed by atoms with van der Waals surface area (Å²) in [6, 6.07) is 2.34. The minimum absolute atomic E-state index is 0.687. The molecule has 2 bridgehead atoms. The first-order chi connectivity index (χ1) is 7.70. The number of hydrogen-bond acceptors (Lipinski definition) is 2. The Bertz CT molecular complexity index is 217. The van der Waals surface area contributed by atoms with E-state index in [4.69, 9.17) is 0 Å². The van der Waals surface area contributed by atoms with Gasteiger partial charge in [-0.25, -0.2) is 0 Å². The Labute approximate surface area is 101 Å².